The molecule has 0 aromatic heterocycles. The normalized spacial score (nSPS) is 11.6. The number of hydrogen-bond donors (Lipinski definition) is 1. The molecule has 0 spiro atoms. The first-order chi connectivity index (χ1) is 8.29. The monoisotopic (exact) mass is 269 g/mol. The number of rotatable bonds is 5. The number of sulfone groups is 1. The Kier molecular flexibility index (Phi) is 4.90. The number of amides is 1. The molecule has 5 heteroatoms. The van der Waals surface area contributed by atoms with Gasteiger partial charge in [-0.2, -0.15) is 0 Å². The third-order valence-electron chi connectivity index (χ3n) is 2.43. The van der Waals surface area contributed by atoms with E-state index in [-0.39, 0.29) is 5.91 Å². The summed E-state index contributed by atoms with van der Waals surface area (Å²) in [6.45, 7) is 4.40. The molecule has 0 aliphatic rings. The molecule has 18 heavy (non-hydrogen) atoms. The van der Waals surface area contributed by atoms with E-state index in [9.17, 15) is 13.2 Å². The van der Waals surface area contributed by atoms with Crippen LogP contribution >= 0.6 is 0 Å². The number of carbonyl (C=O) groups excluding carboxylic acids is 1. The van der Waals surface area contributed by atoms with Crippen molar-refractivity contribution in [1.29, 1.82) is 0 Å². The number of benzene rings is 1. The summed E-state index contributed by atoms with van der Waals surface area (Å²) >= 11 is 0. The van der Waals surface area contributed by atoms with Crippen LogP contribution in [0.25, 0.3) is 0 Å². The average molecular weight is 269 g/mol. The Morgan fingerprint density at radius 3 is 2.22 bits per heavy atom. The highest BCUT2D eigenvalue weighted by Crippen LogP contribution is 2.10. The van der Waals surface area contributed by atoms with Crippen LogP contribution in [0, 0.1) is 5.92 Å². The van der Waals surface area contributed by atoms with E-state index in [2.05, 4.69) is 5.32 Å². The van der Waals surface area contributed by atoms with Gasteiger partial charge in [0, 0.05) is 19.2 Å². The van der Waals surface area contributed by atoms with Crippen LogP contribution in [-0.4, -0.2) is 20.6 Å². The van der Waals surface area contributed by atoms with E-state index in [4.69, 9.17) is 0 Å². The topological polar surface area (TPSA) is 63.2 Å². The Morgan fingerprint density at radius 1 is 1.22 bits per heavy atom. The van der Waals surface area contributed by atoms with E-state index in [1.807, 2.05) is 13.8 Å². The summed E-state index contributed by atoms with van der Waals surface area (Å²) in [5.41, 5.74) is 0.888. The molecule has 0 heterocycles. The van der Waals surface area contributed by atoms with Gasteiger partial charge in [0.1, 0.15) is 0 Å². The maximum Gasteiger partial charge on any atom is 0.220 e. The van der Waals surface area contributed by atoms with Gasteiger partial charge in [-0.05, 0) is 23.6 Å². The second kappa shape index (κ2) is 6.00. The summed E-state index contributed by atoms with van der Waals surface area (Å²) in [6, 6.07) is 6.54. The average Bonchev–Trinajstić information content (AvgIpc) is 2.25. The minimum Gasteiger partial charge on any atom is -0.352 e. The van der Waals surface area contributed by atoms with Crippen LogP contribution in [0.3, 0.4) is 0 Å². The van der Waals surface area contributed by atoms with Crippen molar-refractivity contribution in [3.05, 3.63) is 29.8 Å². The molecule has 1 rings (SSSR count). The fraction of sp³-hybridized carbons (Fsp3) is 0.462. The van der Waals surface area contributed by atoms with E-state index < -0.39 is 9.84 Å². The molecule has 1 aromatic rings. The van der Waals surface area contributed by atoms with Crippen LogP contribution < -0.4 is 5.32 Å². The summed E-state index contributed by atoms with van der Waals surface area (Å²) < 4.78 is 22.5. The predicted octanol–water partition coefficient (Wildman–Crippen LogP) is 1.75. The molecular formula is C13H19NO3S. The summed E-state index contributed by atoms with van der Waals surface area (Å²) in [5.74, 6) is 0.342. The van der Waals surface area contributed by atoms with Crippen molar-refractivity contribution in [2.75, 3.05) is 6.26 Å². The zero-order valence-electron chi connectivity index (χ0n) is 10.9. The SMILES string of the molecule is CC(C)CC(=O)NCc1ccc(S(C)(=O)=O)cc1. The van der Waals surface area contributed by atoms with Crippen LogP contribution in [0.2, 0.25) is 0 Å². The fourth-order valence-electron chi connectivity index (χ4n) is 1.50. The lowest BCUT2D eigenvalue weighted by atomic mass is 10.1. The third-order valence-corrected chi connectivity index (χ3v) is 3.56. The van der Waals surface area contributed by atoms with Gasteiger partial charge in [-0.1, -0.05) is 26.0 Å². The Labute approximate surface area is 108 Å². The molecule has 100 valence electrons. The molecule has 0 aliphatic heterocycles. The lowest BCUT2D eigenvalue weighted by Gasteiger charge is -2.07. The highest BCUT2D eigenvalue weighted by Gasteiger charge is 2.07. The van der Waals surface area contributed by atoms with Crippen molar-refractivity contribution in [3.63, 3.8) is 0 Å². The van der Waals surface area contributed by atoms with Crippen molar-refractivity contribution in [3.8, 4) is 0 Å². The van der Waals surface area contributed by atoms with Crippen LogP contribution in [0.5, 0.6) is 0 Å². The molecule has 0 aliphatic carbocycles. The van der Waals surface area contributed by atoms with Crippen molar-refractivity contribution in [2.45, 2.75) is 31.7 Å². The zero-order chi connectivity index (χ0) is 13.8. The van der Waals surface area contributed by atoms with Crippen LogP contribution in [0.15, 0.2) is 29.2 Å². The molecule has 0 bridgehead atoms. The molecule has 0 radical (unpaired) electrons. The first-order valence-electron chi connectivity index (χ1n) is 5.84. The van der Waals surface area contributed by atoms with Crippen LogP contribution in [-0.2, 0) is 21.2 Å². The van der Waals surface area contributed by atoms with Gasteiger partial charge in [0.05, 0.1) is 4.90 Å². The summed E-state index contributed by atoms with van der Waals surface area (Å²) in [4.78, 5) is 11.7. The quantitative estimate of drug-likeness (QED) is 0.885. The molecule has 4 nitrogen and oxygen atoms in total. The maximum atomic E-state index is 11.4. The van der Waals surface area contributed by atoms with Gasteiger partial charge in [0.2, 0.25) is 5.91 Å². The largest absolute Gasteiger partial charge is 0.352 e. The molecular weight excluding hydrogens is 250 g/mol. The lowest BCUT2D eigenvalue weighted by Crippen LogP contribution is -2.23. The molecule has 0 fully saturated rings. The molecule has 1 N–H and O–H groups in total. The molecule has 0 unspecified atom stereocenters. The Hall–Kier alpha value is -1.36. The van der Waals surface area contributed by atoms with Gasteiger partial charge >= 0.3 is 0 Å². The van der Waals surface area contributed by atoms with Crippen LogP contribution in [0.1, 0.15) is 25.8 Å². The Bertz CT molecular complexity index is 504. The predicted molar refractivity (Wildman–Crippen MR) is 70.9 cm³/mol. The third kappa shape index (κ3) is 4.87. The smallest absolute Gasteiger partial charge is 0.220 e. The van der Waals surface area contributed by atoms with Crippen molar-refractivity contribution >= 4 is 15.7 Å². The van der Waals surface area contributed by atoms with Crippen molar-refractivity contribution < 1.29 is 13.2 Å². The van der Waals surface area contributed by atoms with Gasteiger partial charge in [0.15, 0.2) is 9.84 Å². The van der Waals surface area contributed by atoms with Crippen molar-refractivity contribution in [2.24, 2.45) is 5.92 Å². The summed E-state index contributed by atoms with van der Waals surface area (Å²) in [6.07, 6.45) is 1.67. The lowest BCUT2D eigenvalue weighted by molar-refractivity contribution is -0.121. The summed E-state index contributed by atoms with van der Waals surface area (Å²) in [5, 5.41) is 2.80. The Morgan fingerprint density at radius 2 is 1.78 bits per heavy atom. The van der Waals surface area contributed by atoms with Gasteiger partial charge < -0.3 is 5.32 Å². The standard InChI is InChI=1S/C13H19NO3S/c1-10(2)8-13(15)14-9-11-4-6-12(7-5-11)18(3,16)17/h4-7,10H,8-9H2,1-3H3,(H,14,15). The van der Waals surface area contributed by atoms with Gasteiger partial charge in [0.25, 0.3) is 0 Å². The minimum absolute atomic E-state index is 0.0113. The van der Waals surface area contributed by atoms with E-state index in [0.29, 0.717) is 23.8 Å². The zero-order valence-corrected chi connectivity index (χ0v) is 11.8. The number of hydrogen-bond acceptors (Lipinski definition) is 3. The molecule has 0 saturated heterocycles. The van der Waals surface area contributed by atoms with Gasteiger partial charge in [-0.15, -0.1) is 0 Å². The van der Waals surface area contributed by atoms with E-state index in [0.717, 1.165) is 5.56 Å². The highest BCUT2D eigenvalue weighted by atomic mass is 32.2. The van der Waals surface area contributed by atoms with Gasteiger partial charge in [-0.25, -0.2) is 8.42 Å². The van der Waals surface area contributed by atoms with E-state index in [1.54, 1.807) is 24.3 Å². The maximum absolute atomic E-state index is 11.4. The van der Waals surface area contributed by atoms with E-state index in [1.165, 1.54) is 6.26 Å². The number of nitrogens with one attached hydrogen (secondary N) is 1. The first-order valence-corrected chi connectivity index (χ1v) is 7.74. The Balaban J connectivity index is 2.57. The summed E-state index contributed by atoms with van der Waals surface area (Å²) in [7, 11) is -3.15. The van der Waals surface area contributed by atoms with Crippen molar-refractivity contribution in [1.82, 2.24) is 5.32 Å². The molecule has 1 aromatic carbocycles. The molecule has 0 saturated carbocycles. The molecule has 0 atom stereocenters. The molecule has 1 amide bonds. The second-order valence-electron chi connectivity index (χ2n) is 4.79. The fourth-order valence-corrected chi connectivity index (χ4v) is 2.13. The highest BCUT2D eigenvalue weighted by molar-refractivity contribution is 7.90. The number of carbonyl (C=O) groups is 1. The van der Waals surface area contributed by atoms with E-state index >= 15 is 0 Å². The van der Waals surface area contributed by atoms with Gasteiger partial charge in [-0.3, -0.25) is 4.79 Å². The van der Waals surface area contributed by atoms with Crippen LogP contribution in [0.4, 0.5) is 0 Å². The second-order valence-corrected chi connectivity index (χ2v) is 6.81. The first kappa shape index (κ1) is 14.7. The minimum atomic E-state index is -3.15.